The topological polar surface area (TPSA) is 32.3 Å². The minimum atomic E-state index is 0.336. The van der Waals surface area contributed by atoms with Crippen LogP contribution in [0.3, 0.4) is 0 Å². The molecule has 1 heterocycles. The third-order valence-corrected chi connectivity index (χ3v) is 3.93. The number of hydrogen-bond acceptors (Lipinski definition) is 2. The van der Waals surface area contributed by atoms with Crippen LogP contribution in [-0.4, -0.2) is 37.0 Å². The summed E-state index contributed by atoms with van der Waals surface area (Å²) in [7, 11) is 1.97. The van der Waals surface area contributed by atoms with E-state index in [0.717, 1.165) is 31.8 Å². The molecule has 1 amide bonds. The van der Waals surface area contributed by atoms with Crippen LogP contribution >= 0.6 is 0 Å². The summed E-state index contributed by atoms with van der Waals surface area (Å²) < 4.78 is 0. The molecule has 1 N–H and O–H groups in total. The van der Waals surface area contributed by atoms with Crippen LogP contribution in [0, 0.1) is 11.8 Å². The van der Waals surface area contributed by atoms with Gasteiger partial charge in [-0.25, -0.2) is 0 Å². The van der Waals surface area contributed by atoms with E-state index in [0.29, 0.717) is 17.9 Å². The highest BCUT2D eigenvalue weighted by Crippen LogP contribution is 2.35. The number of carbonyl (C=O) groups is 1. The third-order valence-electron chi connectivity index (χ3n) is 3.93. The lowest BCUT2D eigenvalue weighted by molar-refractivity contribution is -0.132. The van der Waals surface area contributed by atoms with E-state index in [4.69, 9.17) is 0 Å². The van der Waals surface area contributed by atoms with Crippen molar-refractivity contribution < 1.29 is 4.79 Å². The Kier molecular flexibility index (Phi) is 3.29. The van der Waals surface area contributed by atoms with Gasteiger partial charge in [0.25, 0.3) is 0 Å². The Labute approximate surface area is 92.2 Å². The maximum Gasteiger partial charge on any atom is 0.222 e. The molecular weight excluding hydrogens is 188 g/mol. The summed E-state index contributed by atoms with van der Waals surface area (Å²) in [5.74, 6) is 1.69. The summed E-state index contributed by atoms with van der Waals surface area (Å²) in [5, 5.41) is 3.31. The van der Waals surface area contributed by atoms with Crippen molar-refractivity contribution in [2.45, 2.75) is 38.6 Å². The normalized spacial score (nSPS) is 27.7. The summed E-state index contributed by atoms with van der Waals surface area (Å²) >= 11 is 0. The van der Waals surface area contributed by atoms with Crippen molar-refractivity contribution in [3.63, 3.8) is 0 Å². The zero-order valence-electron chi connectivity index (χ0n) is 9.83. The van der Waals surface area contributed by atoms with Crippen molar-refractivity contribution in [2.24, 2.45) is 11.8 Å². The number of amides is 1. The first-order chi connectivity index (χ1) is 7.18. The van der Waals surface area contributed by atoms with Gasteiger partial charge in [-0.15, -0.1) is 0 Å². The molecule has 0 spiro atoms. The molecule has 0 radical (unpaired) electrons. The van der Waals surface area contributed by atoms with Crippen molar-refractivity contribution >= 4 is 5.91 Å². The summed E-state index contributed by atoms with van der Waals surface area (Å²) in [6.45, 7) is 4.29. The molecule has 86 valence electrons. The molecule has 0 bridgehead atoms. The van der Waals surface area contributed by atoms with E-state index in [1.165, 1.54) is 12.8 Å². The quantitative estimate of drug-likeness (QED) is 0.757. The first-order valence-electron chi connectivity index (χ1n) is 6.15. The molecule has 15 heavy (non-hydrogen) atoms. The van der Waals surface area contributed by atoms with Crippen molar-refractivity contribution in [1.29, 1.82) is 0 Å². The molecule has 1 aliphatic heterocycles. The highest BCUT2D eigenvalue weighted by molar-refractivity contribution is 5.76. The second-order valence-corrected chi connectivity index (χ2v) is 5.15. The molecule has 0 aromatic rings. The summed E-state index contributed by atoms with van der Waals surface area (Å²) in [4.78, 5) is 13.9. The van der Waals surface area contributed by atoms with Crippen molar-refractivity contribution in [1.82, 2.24) is 10.2 Å². The summed E-state index contributed by atoms with van der Waals surface area (Å²) in [6, 6.07) is 0.451. The fourth-order valence-electron chi connectivity index (χ4n) is 2.40. The van der Waals surface area contributed by atoms with Crippen molar-refractivity contribution in [2.75, 3.05) is 20.1 Å². The molecule has 0 aromatic carbocycles. The van der Waals surface area contributed by atoms with Crippen LogP contribution in [0.2, 0.25) is 0 Å². The van der Waals surface area contributed by atoms with E-state index in [1.54, 1.807) is 0 Å². The Morgan fingerprint density at radius 1 is 1.47 bits per heavy atom. The van der Waals surface area contributed by atoms with Gasteiger partial charge in [-0.3, -0.25) is 4.79 Å². The zero-order valence-corrected chi connectivity index (χ0v) is 9.83. The Balaban J connectivity index is 1.78. The van der Waals surface area contributed by atoms with Gasteiger partial charge in [-0.05, 0) is 51.1 Å². The fourth-order valence-corrected chi connectivity index (χ4v) is 2.40. The zero-order chi connectivity index (χ0) is 10.8. The smallest absolute Gasteiger partial charge is 0.222 e. The van der Waals surface area contributed by atoms with Gasteiger partial charge in [0.1, 0.15) is 0 Å². The Bertz CT molecular complexity index is 232. The van der Waals surface area contributed by atoms with Gasteiger partial charge in [-0.2, -0.15) is 0 Å². The minimum Gasteiger partial charge on any atom is -0.343 e. The van der Waals surface area contributed by atoms with Crippen LogP contribution < -0.4 is 5.32 Å². The van der Waals surface area contributed by atoms with Gasteiger partial charge >= 0.3 is 0 Å². The first-order valence-corrected chi connectivity index (χ1v) is 6.15. The Hall–Kier alpha value is -0.570. The van der Waals surface area contributed by atoms with E-state index in [2.05, 4.69) is 12.2 Å². The Morgan fingerprint density at radius 2 is 2.20 bits per heavy atom. The van der Waals surface area contributed by atoms with Gasteiger partial charge in [0.15, 0.2) is 0 Å². The van der Waals surface area contributed by atoms with Crippen LogP contribution in [-0.2, 0) is 4.79 Å². The number of nitrogens with zero attached hydrogens (tertiary/aromatic N) is 1. The van der Waals surface area contributed by atoms with Gasteiger partial charge in [0.2, 0.25) is 5.91 Å². The molecule has 1 saturated heterocycles. The molecule has 0 aromatic heterocycles. The molecule has 2 unspecified atom stereocenters. The lowest BCUT2D eigenvalue weighted by Crippen LogP contribution is -2.37. The highest BCUT2D eigenvalue weighted by Gasteiger charge is 2.33. The van der Waals surface area contributed by atoms with E-state index in [1.807, 2.05) is 11.9 Å². The average Bonchev–Trinajstić information content (AvgIpc) is 2.96. The van der Waals surface area contributed by atoms with Gasteiger partial charge in [0.05, 0.1) is 0 Å². The molecule has 2 rings (SSSR count). The average molecular weight is 210 g/mol. The molecule has 2 fully saturated rings. The lowest BCUT2D eigenvalue weighted by Gasteiger charge is -2.26. The lowest BCUT2D eigenvalue weighted by atomic mass is 10.0. The number of carbonyl (C=O) groups excluding carboxylic acids is 1. The third kappa shape index (κ3) is 2.71. The van der Waals surface area contributed by atoms with Crippen molar-refractivity contribution in [3.8, 4) is 0 Å². The molecule has 3 nitrogen and oxygen atoms in total. The van der Waals surface area contributed by atoms with Gasteiger partial charge in [-0.1, -0.05) is 0 Å². The van der Waals surface area contributed by atoms with Gasteiger partial charge < -0.3 is 10.2 Å². The van der Waals surface area contributed by atoms with E-state index >= 15 is 0 Å². The van der Waals surface area contributed by atoms with E-state index < -0.39 is 0 Å². The second kappa shape index (κ2) is 4.52. The monoisotopic (exact) mass is 210 g/mol. The summed E-state index contributed by atoms with van der Waals surface area (Å²) in [6.07, 6.45) is 4.52. The highest BCUT2D eigenvalue weighted by atomic mass is 16.2. The number of rotatable bonds is 4. The maximum absolute atomic E-state index is 12.0. The van der Waals surface area contributed by atoms with Crippen LogP contribution in [0.15, 0.2) is 0 Å². The Morgan fingerprint density at radius 3 is 2.73 bits per heavy atom. The maximum atomic E-state index is 12.0. The molecule has 1 aliphatic carbocycles. The van der Waals surface area contributed by atoms with Crippen LogP contribution in [0.1, 0.15) is 32.6 Å². The molecule has 2 aliphatic rings. The number of hydrogen-bond donors (Lipinski definition) is 1. The van der Waals surface area contributed by atoms with Gasteiger partial charge in [0, 0.05) is 19.5 Å². The fraction of sp³-hybridized carbons (Fsp3) is 0.917. The van der Waals surface area contributed by atoms with E-state index in [9.17, 15) is 4.79 Å². The number of nitrogens with one attached hydrogen (secondary N) is 1. The SMILES string of the molecule is CC(C1CC1)N(C)C(=O)CC1CCNC1. The first kappa shape index (κ1) is 10.9. The predicted octanol–water partition coefficient (Wildman–Crippen LogP) is 1.24. The van der Waals surface area contributed by atoms with Crippen LogP contribution in [0.25, 0.3) is 0 Å². The molecular formula is C12H22N2O. The largest absolute Gasteiger partial charge is 0.343 e. The predicted molar refractivity (Wildman–Crippen MR) is 60.5 cm³/mol. The molecule has 1 saturated carbocycles. The van der Waals surface area contributed by atoms with Crippen molar-refractivity contribution in [3.05, 3.63) is 0 Å². The molecule has 2 atom stereocenters. The van der Waals surface area contributed by atoms with Crippen LogP contribution in [0.5, 0.6) is 0 Å². The second-order valence-electron chi connectivity index (χ2n) is 5.15. The molecule has 3 heteroatoms. The standard InChI is InChI=1S/C12H22N2O/c1-9(11-3-4-11)14(2)12(15)7-10-5-6-13-8-10/h9-11,13H,3-8H2,1-2H3. The van der Waals surface area contributed by atoms with Crippen LogP contribution in [0.4, 0.5) is 0 Å². The van der Waals surface area contributed by atoms with E-state index in [-0.39, 0.29) is 0 Å². The summed E-state index contributed by atoms with van der Waals surface area (Å²) in [5.41, 5.74) is 0. The minimum absolute atomic E-state index is 0.336.